The lowest BCUT2D eigenvalue weighted by atomic mass is 10.3. The van der Waals surface area contributed by atoms with Crippen molar-refractivity contribution >= 4 is 45.0 Å². The highest BCUT2D eigenvalue weighted by Crippen LogP contribution is 2.24. The fourth-order valence-electron chi connectivity index (χ4n) is 2.01. The van der Waals surface area contributed by atoms with Crippen molar-refractivity contribution in [1.82, 2.24) is 4.31 Å². The number of carbonyl (C=O) groups is 1. The molecule has 0 unspecified atom stereocenters. The molecule has 128 valence electrons. The van der Waals surface area contributed by atoms with Gasteiger partial charge in [-0.15, -0.1) is 11.8 Å². The van der Waals surface area contributed by atoms with Crippen LogP contribution in [0.25, 0.3) is 0 Å². The van der Waals surface area contributed by atoms with Gasteiger partial charge in [-0.25, -0.2) is 8.42 Å². The van der Waals surface area contributed by atoms with E-state index in [0.717, 1.165) is 9.20 Å². The minimum Gasteiger partial charge on any atom is -0.324 e. The molecule has 0 saturated heterocycles. The number of hydrogen-bond acceptors (Lipinski definition) is 4. The van der Waals surface area contributed by atoms with Crippen LogP contribution in [0.1, 0.15) is 0 Å². The summed E-state index contributed by atoms with van der Waals surface area (Å²) in [5, 5.41) is 3.19. The van der Waals surface area contributed by atoms with E-state index in [9.17, 15) is 13.2 Å². The van der Waals surface area contributed by atoms with Gasteiger partial charge in [0.1, 0.15) is 0 Å². The topological polar surface area (TPSA) is 66.5 Å². The molecule has 0 heterocycles. The summed E-state index contributed by atoms with van der Waals surface area (Å²) in [6.45, 7) is -0.284. The number of amides is 1. The summed E-state index contributed by atoms with van der Waals surface area (Å²) in [6, 6.07) is 13.2. The minimum atomic E-state index is -3.75. The molecule has 0 aliphatic carbocycles. The summed E-state index contributed by atoms with van der Waals surface area (Å²) in [5.41, 5.74) is 0.660. The molecular formula is C16H17ClN2O3S2. The van der Waals surface area contributed by atoms with E-state index in [-0.39, 0.29) is 11.4 Å². The summed E-state index contributed by atoms with van der Waals surface area (Å²) in [5.74, 6) is -0.406. The first-order valence-corrected chi connectivity index (χ1v) is 10.0. The predicted octanol–water partition coefficient (Wildman–Crippen LogP) is 3.32. The Labute approximate surface area is 151 Å². The molecule has 0 radical (unpaired) electrons. The SMILES string of the molecule is CSc1ccccc1NC(=O)CN(C)S(=O)(=O)c1ccc(Cl)cc1. The van der Waals surface area contributed by atoms with Crippen LogP contribution in [0.15, 0.2) is 58.3 Å². The van der Waals surface area contributed by atoms with Crippen LogP contribution in [0.3, 0.4) is 0 Å². The number of para-hydroxylation sites is 1. The molecule has 2 aromatic carbocycles. The highest BCUT2D eigenvalue weighted by Gasteiger charge is 2.23. The number of anilines is 1. The second-order valence-electron chi connectivity index (χ2n) is 4.96. The number of likely N-dealkylation sites (N-methyl/N-ethyl adjacent to an activating group) is 1. The fraction of sp³-hybridized carbons (Fsp3) is 0.188. The molecule has 0 fully saturated rings. The lowest BCUT2D eigenvalue weighted by Crippen LogP contribution is -2.35. The van der Waals surface area contributed by atoms with Gasteiger partial charge in [0.05, 0.1) is 17.1 Å². The number of halogens is 1. The van der Waals surface area contributed by atoms with Crippen molar-refractivity contribution < 1.29 is 13.2 Å². The summed E-state index contributed by atoms with van der Waals surface area (Å²) >= 11 is 7.27. The van der Waals surface area contributed by atoms with Crippen molar-refractivity contribution in [2.45, 2.75) is 9.79 Å². The average molecular weight is 385 g/mol. The number of thioether (sulfide) groups is 1. The maximum absolute atomic E-state index is 12.5. The molecule has 0 bridgehead atoms. The van der Waals surface area contributed by atoms with Gasteiger partial charge in [0.15, 0.2) is 0 Å². The average Bonchev–Trinajstić information content (AvgIpc) is 2.55. The monoisotopic (exact) mass is 384 g/mol. The van der Waals surface area contributed by atoms with E-state index < -0.39 is 15.9 Å². The lowest BCUT2D eigenvalue weighted by molar-refractivity contribution is -0.116. The quantitative estimate of drug-likeness (QED) is 0.776. The second-order valence-corrected chi connectivity index (χ2v) is 8.29. The van der Waals surface area contributed by atoms with E-state index in [1.807, 2.05) is 24.5 Å². The molecule has 0 atom stereocenters. The van der Waals surface area contributed by atoms with Gasteiger partial charge in [0.25, 0.3) is 0 Å². The molecule has 0 aliphatic rings. The Hall–Kier alpha value is -1.54. The first-order chi connectivity index (χ1) is 11.3. The van der Waals surface area contributed by atoms with Crippen LogP contribution in [0.2, 0.25) is 5.02 Å². The van der Waals surface area contributed by atoms with Crippen LogP contribution in [-0.2, 0) is 14.8 Å². The standard InChI is InChI=1S/C16H17ClN2O3S2/c1-19(24(21,22)13-9-7-12(17)8-10-13)11-16(20)18-14-5-3-4-6-15(14)23-2/h3-10H,11H2,1-2H3,(H,18,20). The van der Waals surface area contributed by atoms with Crippen LogP contribution in [0, 0.1) is 0 Å². The number of sulfonamides is 1. The third-order valence-corrected chi connectivity index (χ3v) is 6.13. The normalized spacial score (nSPS) is 11.5. The Morgan fingerprint density at radius 3 is 2.42 bits per heavy atom. The lowest BCUT2D eigenvalue weighted by Gasteiger charge is -2.17. The Morgan fingerprint density at radius 1 is 1.17 bits per heavy atom. The van der Waals surface area contributed by atoms with Crippen molar-refractivity contribution in [2.75, 3.05) is 25.2 Å². The van der Waals surface area contributed by atoms with Crippen LogP contribution >= 0.6 is 23.4 Å². The smallest absolute Gasteiger partial charge is 0.243 e. The number of hydrogen-bond donors (Lipinski definition) is 1. The predicted molar refractivity (Wildman–Crippen MR) is 98.1 cm³/mol. The van der Waals surface area contributed by atoms with Crippen LogP contribution in [-0.4, -0.2) is 38.5 Å². The molecule has 0 aliphatic heterocycles. The third kappa shape index (κ3) is 4.51. The zero-order valence-corrected chi connectivity index (χ0v) is 15.6. The zero-order chi connectivity index (χ0) is 17.7. The maximum Gasteiger partial charge on any atom is 0.243 e. The van der Waals surface area contributed by atoms with Crippen LogP contribution in [0.5, 0.6) is 0 Å². The maximum atomic E-state index is 12.5. The molecular weight excluding hydrogens is 368 g/mol. The molecule has 1 amide bonds. The minimum absolute atomic E-state index is 0.0895. The Bertz CT molecular complexity index is 823. The highest BCUT2D eigenvalue weighted by atomic mass is 35.5. The molecule has 1 N–H and O–H groups in total. The number of nitrogens with zero attached hydrogens (tertiary/aromatic N) is 1. The molecule has 2 rings (SSSR count). The molecule has 0 spiro atoms. The van der Waals surface area contributed by atoms with Gasteiger partial charge in [-0.3, -0.25) is 4.79 Å². The van der Waals surface area contributed by atoms with Gasteiger partial charge in [-0.2, -0.15) is 4.31 Å². The van der Waals surface area contributed by atoms with Crippen molar-refractivity contribution in [3.8, 4) is 0 Å². The summed E-state index contributed by atoms with van der Waals surface area (Å²) in [4.78, 5) is 13.2. The fourth-order valence-corrected chi connectivity index (χ4v) is 3.82. The molecule has 2 aromatic rings. The number of benzene rings is 2. The zero-order valence-electron chi connectivity index (χ0n) is 13.2. The number of rotatable bonds is 6. The van der Waals surface area contributed by atoms with E-state index in [2.05, 4.69) is 5.32 Å². The summed E-state index contributed by atoms with van der Waals surface area (Å²) in [6.07, 6.45) is 1.90. The van der Waals surface area contributed by atoms with Gasteiger partial charge in [0, 0.05) is 17.0 Å². The van der Waals surface area contributed by atoms with E-state index in [1.165, 1.54) is 43.1 Å². The van der Waals surface area contributed by atoms with Crippen molar-refractivity contribution in [3.63, 3.8) is 0 Å². The van der Waals surface area contributed by atoms with E-state index in [0.29, 0.717) is 10.7 Å². The van der Waals surface area contributed by atoms with Gasteiger partial charge in [0.2, 0.25) is 15.9 Å². The molecule has 0 aromatic heterocycles. The van der Waals surface area contributed by atoms with Crippen molar-refractivity contribution in [3.05, 3.63) is 53.6 Å². The second kappa shape index (κ2) is 8.02. The van der Waals surface area contributed by atoms with Gasteiger partial charge in [-0.05, 0) is 42.7 Å². The summed E-state index contributed by atoms with van der Waals surface area (Å²) < 4.78 is 25.9. The van der Waals surface area contributed by atoms with Crippen molar-refractivity contribution in [2.24, 2.45) is 0 Å². The Balaban J connectivity index is 2.09. The molecule has 5 nitrogen and oxygen atoms in total. The van der Waals surface area contributed by atoms with Crippen LogP contribution in [0.4, 0.5) is 5.69 Å². The van der Waals surface area contributed by atoms with E-state index in [4.69, 9.17) is 11.6 Å². The van der Waals surface area contributed by atoms with E-state index in [1.54, 1.807) is 6.07 Å². The van der Waals surface area contributed by atoms with Gasteiger partial charge < -0.3 is 5.32 Å². The summed E-state index contributed by atoms with van der Waals surface area (Å²) in [7, 11) is -2.39. The highest BCUT2D eigenvalue weighted by molar-refractivity contribution is 7.98. The Morgan fingerprint density at radius 2 is 1.79 bits per heavy atom. The first-order valence-electron chi connectivity index (χ1n) is 6.99. The molecule has 0 saturated carbocycles. The number of carbonyl (C=O) groups excluding carboxylic acids is 1. The van der Waals surface area contributed by atoms with Crippen molar-refractivity contribution in [1.29, 1.82) is 0 Å². The van der Waals surface area contributed by atoms with Crippen LogP contribution < -0.4 is 5.32 Å². The van der Waals surface area contributed by atoms with Gasteiger partial charge in [-0.1, -0.05) is 23.7 Å². The largest absolute Gasteiger partial charge is 0.324 e. The third-order valence-electron chi connectivity index (χ3n) is 3.27. The van der Waals surface area contributed by atoms with E-state index >= 15 is 0 Å². The molecule has 8 heteroatoms. The first kappa shape index (κ1) is 18.8. The van der Waals surface area contributed by atoms with Gasteiger partial charge >= 0.3 is 0 Å². The number of nitrogens with one attached hydrogen (secondary N) is 1. The Kier molecular flexibility index (Phi) is 6.28. The molecule has 24 heavy (non-hydrogen) atoms.